The largest absolute Gasteiger partial charge is 0.420 e. The van der Waals surface area contributed by atoms with Crippen molar-refractivity contribution in [2.24, 2.45) is 0 Å². The fraction of sp³-hybridized carbons (Fsp3) is 0.167. The summed E-state index contributed by atoms with van der Waals surface area (Å²) in [6, 6.07) is 8.76. The van der Waals surface area contributed by atoms with E-state index in [0.29, 0.717) is 16.9 Å². The summed E-state index contributed by atoms with van der Waals surface area (Å²) in [6.07, 6.45) is 0. The van der Waals surface area contributed by atoms with E-state index < -0.39 is 16.6 Å². The zero-order valence-electron chi connectivity index (χ0n) is 15.0. The first-order valence-electron chi connectivity index (χ1n) is 8.21. The second-order valence-corrected chi connectivity index (χ2v) is 6.07. The minimum Gasteiger partial charge on any atom is -0.407 e. The summed E-state index contributed by atoms with van der Waals surface area (Å²) in [5, 5.41) is 16.2. The molecule has 0 aliphatic carbocycles. The van der Waals surface area contributed by atoms with Gasteiger partial charge in [0, 0.05) is 24.4 Å². The molecular weight excluding hydrogens is 368 g/mol. The van der Waals surface area contributed by atoms with Crippen LogP contribution >= 0.6 is 0 Å². The number of nitrogens with one attached hydrogen (secondary N) is 2. The van der Waals surface area contributed by atoms with Crippen LogP contribution in [-0.2, 0) is 16.1 Å². The maximum atomic E-state index is 12.4. The summed E-state index contributed by atoms with van der Waals surface area (Å²) in [6.45, 7) is 2.78. The third-order valence-electron chi connectivity index (χ3n) is 4.08. The Balaban J connectivity index is 1.84. The summed E-state index contributed by atoms with van der Waals surface area (Å²) < 4.78 is 6.09. The van der Waals surface area contributed by atoms with E-state index in [1.165, 1.54) is 19.1 Å². The number of oxazole rings is 1. The van der Waals surface area contributed by atoms with Crippen LogP contribution in [0.25, 0.3) is 11.1 Å². The van der Waals surface area contributed by atoms with E-state index in [4.69, 9.17) is 4.42 Å². The quantitative estimate of drug-likeness (QED) is 0.512. The number of rotatable bonds is 5. The lowest BCUT2D eigenvalue weighted by Gasteiger charge is -2.12. The van der Waals surface area contributed by atoms with Crippen LogP contribution in [0.1, 0.15) is 12.5 Å². The van der Waals surface area contributed by atoms with Gasteiger partial charge in [-0.2, -0.15) is 0 Å². The first-order chi connectivity index (χ1) is 13.3. The molecule has 1 aromatic heterocycles. The van der Waals surface area contributed by atoms with Crippen LogP contribution in [0.5, 0.6) is 0 Å². The number of amides is 2. The number of aromatic nitrogens is 1. The molecule has 3 rings (SSSR count). The van der Waals surface area contributed by atoms with E-state index >= 15 is 0 Å². The van der Waals surface area contributed by atoms with Crippen molar-refractivity contribution in [2.45, 2.75) is 20.4 Å². The van der Waals surface area contributed by atoms with Crippen LogP contribution < -0.4 is 16.4 Å². The molecule has 144 valence electrons. The SMILES string of the molecule is CC(=O)Nc1cccc(NC(=O)Cn2c(=O)oc3cc([N+](=O)[O-])ccc32)c1C. The Bertz CT molecular complexity index is 1160. The molecule has 0 fully saturated rings. The van der Waals surface area contributed by atoms with Crippen molar-refractivity contribution in [1.82, 2.24) is 4.57 Å². The molecule has 0 spiro atoms. The van der Waals surface area contributed by atoms with Gasteiger partial charge in [0.2, 0.25) is 11.8 Å². The number of hydrogen-bond acceptors (Lipinski definition) is 6. The molecule has 0 aliphatic heterocycles. The number of carbonyl (C=O) groups excluding carboxylic acids is 2. The predicted octanol–water partition coefficient (Wildman–Crippen LogP) is 2.41. The lowest BCUT2D eigenvalue weighted by atomic mass is 10.1. The number of carbonyl (C=O) groups is 2. The van der Waals surface area contributed by atoms with Crippen LogP contribution in [0, 0.1) is 17.0 Å². The molecule has 0 saturated heterocycles. The van der Waals surface area contributed by atoms with E-state index in [2.05, 4.69) is 10.6 Å². The van der Waals surface area contributed by atoms with Gasteiger partial charge < -0.3 is 15.1 Å². The highest BCUT2D eigenvalue weighted by Crippen LogP contribution is 2.24. The van der Waals surface area contributed by atoms with Crippen molar-refractivity contribution in [1.29, 1.82) is 0 Å². The maximum absolute atomic E-state index is 12.4. The molecule has 2 aromatic carbocycles. The van der Waals surface area contributed by atoms with Crippen molar-refractivity contribution in [3.8, 4) is 0 Å². The van der Waals surface area contributed by atoms with Gasteiger partial charge in [0.05, 0.1) is 16.5 Å². The smallest absolute Gasteiger partial charge is 0.407 e. The molecule has 10 heteroatoms. The number of nitro benzene ring substituents is 1. The Morgan fingerprint density at radius 1 is 1.18 bits per heavy atom. The van der Waals surface area contributed by atoms with Crippen molar-refractivity contribution in [3.05, 3.63) is 62.6 Å². The molecular formula is C18H16N4O6. The third kappa shape index (κ3) is 3.75. The molecule has 0 radical (unpaired) electrons. The van der Waals surface area contributed by atoms with Crippen molar-refractivity contribution in [3.63, 3.8) is 0 Å². The van der Waals surface area contributed by atoms with Crippen LogP contribution in [0.15, 0.2) is 45.6 Å². The van der Waals surface area contributed by atoms with Crippen molar-refractivity contribution < 1.29 is 18.9 Å². The Kier molecular flexibility index (Phi) is 4.94. The van der Waals surface area contributed by atoms with Crippen LogP contribution in [-0.4, -0.2) is 21.3 Å². The number of hydrogen-bond donors (Lipinski definition) is 2. The van der Waals surface area contributed by atoms with Crippen molar-refractivity contribution in [2.75, 3.05) is 10.6 Å². The number of non-ortho nitro benzene ring substituents is 1. The number of anilines is 2. The average Bonchev–Trinajstić information content (AvgIpc) is 2.92. The van der Waals surface area contributed by atoms with Crippen LogP contribution in [0.2, 0.25) is 0 Å². The topological polar surface area (TPSA) is 136 Å². The van der Waals surface area contributed by atoms with E-state index in [0.717, 1.165) is 10.6 Å². The Hall–Kier alpha value is -3.95. The highest BCUT2D eigenvalue weighted by molar-refractivity contribution is 5.95. The van der Waals surface area contributed by atoms with Gasteiger partial charge in [0.25, 0.3) is 5.69 Å². The first-order valence-corrected chi connectivity index (χ1v) is 8.21. The van der Waals surface area contributed by atoms with Crippen molar-refractivity contribution >= 4 is 40.0 Å². The summed E-state index contributed by atoms with van der Waals surface area (Å²) in [7, 11) is 0. The lowest BCUT2D eigenvalue weighted by molar-refractivity contribution is -0.384. The molecule has 0 atom stereocenters. The van der Waals surface area contributed by atoms with Gasteiger partial charge in [-0.1, -0.05) is 6.07 Å². The van der Waals surface area contributed by atoms with E-state index in [-0.39, 0.29) is 29.2 Å². The van der Waals surface area contributed by atoms with E-state index in [1.807, 2.05) is 0 Å². The van der Waals surface area contributed by atoms with Gasteiger partial charge in [0.1, 0.15) is 6.54 Å². The van der Waals surface area contributed by atoms with Gasteiger partial charge in [0.15, 0.2) is 5.58 Å². The van der Waals surface area contributed by atoms with Gasteiger partial charge >= 0.3 is 5.76 Å². The number of nitrogens with zero attached hydrogens (tertiary/aromatic N) is 2. The summed E-state index contributed by atoms with van der Waals surface area (Å²) in [5.41, 5.74) is 1.77. The van der Waals surface area contributed by atoms with E-state index in [1.54, 1.807) is 25.1 Å². The molecule has 2 N–H and O–H groups in total. The standard InChI is InChI=1S/C18H16N4O6/c1-10-13(19-11(2)23)4-3-5-14(10)20-17(24)9-21-15-7-6-12(22(26)27)8-16(15)28-18(21)25/h3-8H,9H2,1-2H3,(H,19,23)(H,20,24). The number of fused-ring (bicyclic) bond motifs is 1. The Morgan fingerprint density at radius 3 is 2.50 bits per heavy atom. The summed E-state index contributed by atoms with van der Waals surface area (Å²) >= 11 is 0. The lowest BCUT2D eigenvalue weighted by Crippen LogP contribution is -2.25. The Morgan fingerprint density at radius 2 is 1.86 bits per heavy atom. The second-order valence-electron chi connectivity index (χ2n) is 6.07. The van der Waals surface area contributed by atoms with Gasteiger partial charge in [-0.25, -0.2) is 4.79 Å². The molecule has 2 amide bonds. The highest BCUT2D eigenvalue weighted by atomic mass is 16.6. The third-order valence-corrected chi connectivity index (χ3v) is 4.08. The molecule has 10 nitrogen and oxygen atoms in total. The van der Waals surface area contributed by atoms with Crippen LogP contribution in [0.3, 0.4) is 0 Å². The fourth-order valence-electron chi connectivity index (χ4n) is 2.75. The highest BCUT2D eigenvalue weighted by Gasteiger charge is 2.17. The molecule has 0 bridgehead atoms. The average molecular weight is 384 g/mol. The summed E-state index contributed by atoms with van der Waals surface area (Å²) in [5.74, 6) is -1.53. The molecule has 0 saturated carbocycles. The maximum Gasteiger partial charge on any atom is 0.420 e. The molecule has 0 unspecified atom stereocenters. The van der Waals surface area contributed by atoms with Gasteiger partial charge in [-0.05, 0) is 30.7 Å². The molecule has 0 aliphatic rings. The zero-order chi connectivity index (χ0) is 20.4. The number of benzene rings is 2. The van der Waals surface area contributed by atoms with E-state index in [9.17, 15) is 24.5 Å². The first kappa shape index (κ1) is 18.8. The molecule has 3 aromatic rings. The normalized spacial score (nSPS) is 10.6. The molecule has 1 heterocycles. The number of nitro groups is 1. The van der Waals surface area contributed by atoms with Gasteiger partial charge in [-0.3, -0.25) is 24.3 Å². The Labute approximate surface area is 157 Å². The second kappa shape index (κ2) is 7.35. The monoisotopic (exact) mass is 384 g/mol. The molecule has 28 heavy (non-hydrogen) atoms. The summed E-state index contributed by atoms with van der Waals surface area (Å²) in [4.78, 5) is 46.0. The minimum absolute atomic E-state index is 0.0239. The van der Waals surface area contributed by atoms with Crippen LogP contribution in [0.4, 0.5) is 17.1 Å². The fourth-order valence-corrected chi connectivity index (χ4v) is 2.75. The minimum atomic E-state index is -0.797. The van der Waals surface area contributed by atoms with Gasteiger partial charge in [-0.15, -0.1) is 0 Å². The zero-order valence-corrected chi connectivity index (χ0v) is 15.0. The predicted molar refractivity (Wildman–Crippen MR) is 101 cm³/mol.